The number of hydrogen-bond donors (Lipinski definition) is 0. The van der Waals surface area contributed by atoms with Crippen LogP contribution in [0.15, 0.2) is 12.2 Å². The second kappa shape index (κ2) is 5.87. The van der Waals surface area contributed by atoms with E-state index in [9.17, 15) is 9.59 Å². The van der Waals surface area contributed by atoms with E-state index in [2.05, 4.69) is 20.4 Å². The van der Waals surface area contributed by atoms with E-state index in [1.54, 1.807) is 0 Å². The summed E-state index contributed by atoms with van der Waals surface area (Å²) in [6.07, 6.45) is 2.13. The van der Waals surface area contributed by atoms with Gasteiger partial charge in [0.25, 0.3) is 0 Å². The molecule has 1 spiro atoms. The van der Waals surface area contributed by atoms with Crippen molar-refractivity contribution < 1.29 is 23.8 Å². The van der Waals surface area contributed by atoms with Crippen LogP contribution in [-0.4, -0.2) is 37.4 Å². The van der Waals surface area contributed by atoms with Gasteiger partial charge in [0.2, 0.25) is 0 Å². The average Bonchev–Trinajstić information content (AvgIpc) is 3.36. The van der Waals surface area contributed by atoms with Crippen LogP contribution >= 0.6 is 0 Å². The molecule has 3 fully saturated rings. The van der Waals surface area contributed by atoms with E-state index in [0.717, 1.165) is 25.0 Å². The van der Waals surface area contributed by atoms with E-state index >= 15 is 0 Å². The minimum Gasteiger partial charge on any atom is -0.465 e. The molecule has 0 aromatic rings. The highest BCUT2D eigenvalue weighted by Gasteiger charge is 2.69. The Bertz CT molecular complexity index is 560. The molecule has 24 heavy (non-hydrogen) atoms. The quantitative estimate of drug-likeness (QED) is 0.439. The van der Waals surface area contributed by atoms with Crippen LogP contribution in [0.1, 0.15) is 40.5 Å². The molecule has 2 aliphatic carbocycles. The fourth-order valence-electron chi connectivity index (χ4n) is 4.96. The molecule has 1 saturated heterocycles. The lowest BCUT2D eigenvalue weighted by molar-refractivity contribution is -0.143. The maximum absolute atomic E-state index is 11.4. The molecule has 3 rings (SSSR count). The Balaban J connectivity index is 1.85. The highest BCUT2D eigenvalue weighted by Crippen LogP contribution is 2.70. The molecule has 1 aliphatic heterocycles. The van der Waals surface area contributed by atoms with Crippen LogP contribution in [0.3, 0.4) is 0 Å². The summed E-state index contributed by atoms with van der Waals surface area (Å²) in [6.45, 7) is 13.0. The fraction of sp³-hybridized carbons (Fsp3) is 0.789. The zero-order valence-corrected chi connectivity index (χ0v) is 15.1. The van der Waals surface area contributed by atoms with Gasteiger partial charge in [0.05, 0.1) is 18.8 Å². The van der Waals surface area contributed by atoms with Crippen molar-refractivity contribution in [2.75, 3.05) is 19.8 Å². The lowest BCUT2D eigenvalue weighted by Crippen LogP contribution is -2.38. The van der Waals surface area contributed by atoms with Crippen LogP contribution in [0, 0.1) is 29.1 Å². The predicted molar refractivity (Wildman–Crippen MR) is 88.1 cm³/mol. The van der Waals surface area contributed by atoms with Gasteiger partial charge in [0.1, 0.15) is 6.61 Å². The summed E-state index contributed by atoms with van der Waals surface area (Å²) in [7, 11) is 0. The van der Waals surface area contributed by atoms with Crippen molar-refractivity contribution in [2.45, 2.75) is 46.1 Å². The van der Waals surface area contributed by atoms with E-state index in [-0.39, 0.29) is 41.4 Å². The van der Waals surface area contributed by atoms with Gasteiger partial charge < -0.3 is 14.2 Å². The Kier molecular flexibility index (Phi) is 4.27. The van der Waals surface area contributed by atoms with Gasteiger partial charge in [0, 0.05) is 19.8 Å². The van der Waals surface area contributed by atoms with Gasteiger partial charge in [-0.3, -0.25) is 9.59 Å². The molecule has 3 aliphatic rings. The van der Waals surface area contributed by atoms with Crippen molar-refractivity contribution >= 4 is 11.9 Å². The molecule has 5 atom stereocenters. The van der Waals surface area contributed by atoms with Gasteiger partial charge in [-0.15, -0.1) is 0 Å². The first-order valence-corrected chi connectivity index (χ1v) is 8.77. The molecule has 1 heterocycles. The van der Waals surface area contributed by atoms with Crippen molar-refractivity contribution in [3.8, 4) is 0 Å². The Morgan fingerprint density at radius 3 is 2.38 bits per heavy atom. The first-order valence-electron chi connectivity index (χ1n) is 8.77. The van der Waals surface area contributed by atoms with Crippen LogP contribution in [0.2, 0.25) is 0 Å². The third-order valence-corrected chi connectivity index (χ3v) is 6.43. The summed E-state index contributed by atoms with van der Waals surface area (Å²) in [4.78, 5) is 22.6. The highest BCUT2D eigenvalue weighted by atomic mass is 16.6. The van der Waals surface area contributed by atoms with Crippen molar-refractivity contribution in [1.82, 2.24) is 0 Å². The van der Waals surface area contributed by atoms with Gasteiger partial charge in [0.15, 0.2) is 0 Å². The number of carbonyl (C=O) groups excluding carboxylic acids is 2. The third kappa shape index (κ3) is 2.99. The second-order valence-electron chi connectivity index (χ2n) is 8.22. The largest absolute Gasteiger partial charge is 0.465 e. The number of esters is 2. The van der Waals surface area contributed by atoms with Gasteiger partial charge in [-0.05, 0) is 41.6 Å². The zero-order valence-electron chi connectivity index (χ0n) is 15.1. The van der Waals surface area contributed by atoms with Crippen molar-refractivity contribution in [3.63, 3.8) is 0 Å². The summed E-state index contributed by atoms with van der Waals surface area (Å²) in [6, 6.07) is 0. The number of ether oxygens (including phenoxy) is 3. The van der Waals surface area contributed by atoms with Crippen LogP contribution in [-0.2, 0) is 23.8 Å². The molecule has 0 bridgehead atoms. The van der Waals surface area contributed by atoms with Crippen molar-refractivity contribution in [3.05, 3.63) is 12.2 Å². The number of epoxide rings is 1. The number of rotatable bonds is 5. The summed E-state index contributed by atoms with van der Waals surface area (Å²) < 4.78 is 16.5. The smallest absolute Gasteiger partial charge is 0.302 e. The first kappa shape index (κ1) is 17.5. The molecule has 134 valence electrons. The molecule has 5 heteroatoms. The number of hydrogen-bond acceptors (Lipinski definition) is 5. The molecule has 0 aromatic heterocycles. The third-order valence-electron chi connectivity index (χ3n) is 6.43. The molecule has 0 unspecified atom stereocenters. The maximum atomic E-state index is 11.4. The summed E-state index contributed by atoms with van der Waals surface area (Å²) in [5.41, 5.74) is 0.970. The SMILES string of the molecule is C=C(COC(C)=O)[C@H]1[C@@H]2[C@H](CC[C@@]3(CO3)[C@@H]1COC(C)=O)C2(C)C. The zero-order chi connectivity index (χ0) is 17.7. The summed E-state index contributed by atoms with van der Waals surface area (Å²) in [5, 5.41) is 0. The van der Waals surface area contributed by atoms with E-state index < -0.39 is 0 Å². The molecule has 0 aromatic carbocycles. The van der Waals surface area contributed by atoms with Gasteiger partial charge >= 0.3 is 11.9 Å². The molecule has 2 saturated carbocycles. The van der Waals surface area contributed by atoms with Gasteiger partial charge in [-0.1, -0.05) is 20.4 Å². The minimum absolute atomic E-state index is 0.0845. The van der Waals surface area contributed by atoms with Gasteiger partial charge in [-0.25, -0.2) is 0 Å². The van der Waals surface area contributed by atoms with E-state index in [1.165, 1.54) is 13.8 Å². The summed E-state index contributed by atoms with van der Waals surface area (Å²) in [5.74, 6) is 0.760. The topological polar surface area (TPSA) is 65.1 Å². The average molecular weight is 336 g/mol. The Hall–Kier alpha value is -1.36. The Morgan fingerprint density at radius 2 is 1.83 bits per heavy atom. The Labute approximate surface area is 143 Å². The van der Waals surface area contributed by atoms with Crippen LogP contribution < -0.4 is 0 Å². The highest BCUT2D eigenvalue weighted by molar-refractivity contribution is 5.66. The fourth-order valence-corrected chi connectivity index (χ4v) is 4.96. The predicted octanol–water partition coefficient (Wildman–Crippen LogP) is 2.74. The van der Waals surface area contributed by atoms with Gasteiger partial charge in [-0.2, -0.15) is 0 Å². The number of fused-ring (bicyclic) bond motifs is 1. The molecule has 0 N–H and O–H groups in total. The number of carbonyl (C=O) groups is 2. The Morgan fingerprint density at radius 1 is 1.21 bits per heavy atom. The standard InChI is InChI=1S/C19H28O5/c1-11(8-22-12(2)20)16-15(9-23-13(3)21)19(10-24-19)7-6-14-17(16)18(14,4)5/h14-17H,1,6-10H2,2-5H3/t14-,15+,16+,17-,19+/m0/s1. The minimum atomic E-state index is -0.301. The second-order valence-corrected chi connectivity index (χ2v) is 8.22. The normalized spacial score (nSPS) is 38.7. The lowest BCUT2D eigenvalue weighted by Gasteiger charge is -2.33. The van der Waals surface area contributed by atoms with Crippen molar-refractivity contribution in [1.29, 1.82) is 0 Å². The molecular weight excluding hydrogens is 308 g/mol. The molecule has 0 amide bonds. The monoisotopic (exact) mass is 336 g/mol. The first-order chi connectivity index (χ1) is 11.2. The molecule has 0 radical (unpaired) electrons. The lowest BCUT2D eigenvalue weighted by atomic mass is 9.74. The van der Waals surface area contributed by atoms with E-state index in [0.29, 0.717) is 18.4 Å². The maximum Gasteiger partial charge on any atom is 0.302 e. The van der Waals surface area contributed by atoms with E-state index in [4.69, 9.17) is 14.2 Å². The molecule has 5 nitrogen and oxygen atoms in total. The summed E-state index contributed by atoms with van der Waals surface area (Å²) >= 11 is 0. The van der Waals surface area contributed by atoms with Crippen LogP contribution in [0.5, 0.6) is 0 Å². The van der Waals surface area contributed by atoms with E-state index in [1.807, 2.05) is 0 Å². The molecular formula is C19H28O5. The van der Waals surface area contributed by atoms with Crippen molar-refractivity contribution in [2.24, 2.45) is 29.1 Å². The van der Waals surface area contributed by atoms with Crippen LogP contribution in [0.25, 0.3) is 0 Å². The van der Waals surface area contributed by atoms with Crippen LogP contribution in [0.4, 0.5) is 0 Å².